The van der Waals surface area contributed by atoms with Crippen LogP contribution in [0, 0.1) is 5.92 Å². The lowest BCUT2D eigenvalue weighted by atomic mass is 10.1. The smallest absolute Gasteiger partial charge is 0.238 e. The molecule has 5 nitrogen and oxygen atoms in total. The zero-order valence-corrected chi connectivity index (χ0v) is 11.6. The Morgan fingerprint density at radius 2 is 2.00 bits per heavy atom. The van der Waals surface area contributed by atoms with Crippen LogP contribution in [0.2, 0.25) is 0 Å². The second-order valence-corrected chi connectivity index (χ2v) is 4.65. The Morgan fingerprint density at radius 3 is 2.61 bits per heavy atom. The van der Waals surface area contributed by atoms with Crippen LogP contribution >= 0.6 is 0 Å². The van der Waals surface area contributed by atoms with E-state index in [-0.39, 0.29) is 11.8 Å². The van der Waals surface area contributed by atoms with Crippen molar-refractivity contribution in [2.75, 3.05) is 6.54 Å². The molecule has 5 heteroatoms. The number of carbonyl (C=O) groups excluding carboxylic acids is 2. The fraction of sp³-hybridized carbons (Fsp3) is 0.692. The Labute approximate surface area is 109 Å². The number of hydrogen-bond donors (Lipinski definition) is 3. The summed E-state index contributed by atoms with van der Waals surface area (Å²) in [6.07, 6.45) is 6.81. The van der Waals surface area contributed by atoms with Gasteiger partial charge in [-0.3, -0.25) is 15.0 Å². The molecule has 18 heavy (non-hydrogen) atoms. The third kappa shape index (κ3) is 12.5. The number of nitrogens with one attached hydrogen (secondary N) is 3. The van der Waals surface area contributed by atoms with Crippen LogP contribution in [0.4, 0.5) is 0 Å². The molecule has 0 aliphatic heterocycles. The van der Waals surface area contributed by atoms with E-state index in [1.165, 1.54) is 6.92 Å². The van der Waals surface area contributed by atoms with Crippen molar-refractivity contribution in [3.05, 3.63) is 12.3 Å². The Balaban J connectivity index is 3.37. The molecule has 0 aliphatic rings. The lowest BCUT2D eigenvalue weighted by molar-refractivity contribution is -0.122. The van der Waals surface area contributed by atoms with Crippen molar-refractivity contribution in [2.24, 2.45) is 5.92 Å². The van der Waals surface area contributed by atoms with Gasteiger partial charge in [-0.2, -0.15) is 0 Å². The number of allylic oxidation sites excluding steroid dienone is 1. The van der Waals surface area contributed by atoms with Crippen molar-refractivity contribution in [2.45, 2.75) is 46.5 Å². The van der Waals surface area contributed by atoms with Crippen molar-refractivity contribution < 1.29 is 9.59 Å². The van der Waals surface area contributed by atoms with Crippen molar-refractivity contribution in [3.8, 4) is 0 Å². The lowest BCUT2D eigenvalue weighted by Gasteiger charge is -2.06. The van der Waals surface area contributed by atoms with Gasteiger partial charge in [-0.25, -0.2) is 0 Å². The average molecular weight is 255 g/mol. The second kappa shape index (κ2) is 10.6. The highest BCUT2D eigenvalue weighted by molar-refractivity contribution is 5.75. The topological polar surface area (TPSA) is 70.2 Å². The van der Waals surface area contributed by atoms with E-state index in [2.05, 4.69) is 30.0 Å². The zero-order chi connectivity index (χ0) is 13.8. The molecule has 0 radical (unpaired) electrons. The van der Waals surface area contributed by atoms with E-state index < -0.39 is 0 Å². The first kappa shape index (κ1) is 16.5. The summed E-state index contributed by atoms with van der Waals surface area (Å²) in [5.41, 5.74) is 5.34. The maximum absolute atomic E-state index is 11.3. The van der Waals surface area contributed by atoms with Gasteiger partial charge in [0.05, 0.1) is 0 Å². The lowest BCUT2D eigenvalue weighted by Crippen LogP contribution is -2.33. The van der Waals surface area contributed by atoms with E-state index >= 15 is 0 Å². The molecule has 0 aliphatic carbocycles. The van der Waals surface area contributed by atoms with E-state index in [9.17, 15) is 9.59 Å². The van der Waals surface area contributed by atoms with Gasteiger partial charge in [0.25, 0.3) is 0 Å². The van der Waals surface area contributed by atoms with Crippen LogP contribution in [0.15, 0.2) is 12.3 Å². The Hall–Kier alpha value is -1.52. The van der Waals surface area contributed by atoms with Gasteiger partial charge >= 0.3 is 0 Å². The largest absolute Gasteiger partial charge is 0.356 e. The first-order valence-electron chi connectivity index (χ1n) is 6.46. The molecular weight excluding hydrogens is 230 g/mol. The minimum atomic E-state index is -0.00507. The summed E-state index contributed by atoms with van der Waals surface area (Å²) in [5.74, 6) is 0.543. The van der Waals surface area contributed by atoms with Crippen molar-refractivity contribution >= 4 is 11.8 Å². The van der Waals surface area contributed by atoms with Gasteiger partial charge in [-0.1, -0.05) is 19.9 Å². The molecule has 0 rings (SSSR count). The van der Waals surface area contributed by atoms with E-state index in [1.807, 2.05) is 6.08 Å². The van der Waals surface area contributed by atoms with E-state index in [1.54, 1.807) is 6.20 Å². The van der Waals surface area contributed by atoms with Crippen LogP contribution in [0.3, 0.4) is 0 Å². The second-order valence-electron chi connectivity index (χ2n) is 4.65. The number of carbonyl (C=O) groups is 2. The molecule has 3 N–H and O–H groups in total. The summed E-state index contributed by atoms with van der Waals surface area (Å²) >= 11 is 0. The van der Waals surface area contributed by atoms with Crippen LogP contribution in [0.25, 0.3) is 0 Å². The molecular formula is C13H25N3O2. The Kier molecular flexibility index (Phi) is 9.73. The van der Waals surface area contributed by atoms with Gasteiger partial charge in [0, 0.05) is 26.1 Å². The standard InChI is InChI=1S/C13H25N3O2/c1-11(2)7-8-13(18)16-15-10-6-4-5-9-14-12(3)17/h6,10-11,15H,4-5,7-9H2,1-3H3,(H,14,17)(H,16,18). The monoisotopic (exact) mass is 255 g/mol. The van der Waals surface area contributed by atoms with Crippen LogP contribution in [0.1, 0.15) is 46.5 Å². The zero-order valence-electron chi connectivity index (χ0n) is 11.6. The van der Waals surface area contributed by atoms with Crippen molar-refractivity contribution in [1.29, 1.82) is 0 Å². The van der Waals surface area contributed by atoms with Crippen molar-refractivity contribution in [3.63, 3.8) is 0 Å². The number of rotatable bonds is 9. The number of hydrogen-bond acceptors (Lipinski definition) is 3. The summed E-state index contributed by atoms with van der Waals surface area (Å²) in [6.45, 7) is 6.37. The molecule has 0 atom stereocenters. The van der Waals surface area contributed by atoms with Crippen LogP contribution in [0.5, 0.6) is 0 Å². The minimum Gasteiger partial charge on any atom is -0.356 e. The SMILES string of the molecule is CC(=O)NCCCC=CNNC(=O)CCC(C)C. The minimum absolute atomic E-state index is 0.00507. The van der Waals surface area contributed by atoms with Crippen LogP contribution in [-0.4, -0.2) is 18.4 Å². The van der Waals surface area contributed by atoms with E-state index in [4.69, 9.17) is 0 Å². The molecule has 0 saturated heterocycles. The molecule has 104 valence electrons. The predicted octanol–water partition coefficient (Wildman–Crippen LogP) is 1.47. The van der Waals surface area contributed by atoms with E-state index in [0.29, 0.717) is 18.9 Å². The summed E-state index contributed by atoms with van der Waals surface area (Å²) in [7, 11) is 0. The predicted molar refractivity (Wildman–Crippen MR) is 72.4 cm³/mol. The van der Waals surface area contributed by atoms with E-state index in [0.717, 1.165) is 19.3 Å². The first-order valence-corrected chi connectivity index (χ1v) is 6.46. The molecule has 2 amide bonds. The molecule has 0 spiro atoms. The highest BCUT2D eigenvalue weighted by Gasteiger charge is 2.00. The molecule has 0 unspecified atom stereocenters. The van der Waals surface area contributed by atoms with Gasteiger partial charge < -0.3 is 10.7 Å². The average Bonchev–Trinajstić information content (AvgIpc) is 2.29. The van der Waals surface area contributed by atoms with Crippen LogP contribution < -0.4 is 16.2 Å². The normalized spacial score (nSPS) is 10.7. The maximum Gasteiger partial charge on any atom is 0.238 e. The third-order valence-electron chi connectivity index (χ3n) is 2.28. The molecule has 0 fully saturated rings. The number of unbranched alkanes of at least 4 members (excludes halogenated alkanes) is 1. The highest BCUT2D eigenvalue weighted by Crippen LogP contribution is 2.02. The Morgan fingerprint density at radius 1 is 1.28 bits per heavy atom. The molecule has 0 aromatic rings. The fourth-order valence-corrected chi connectivity index (χ4v) is 1.23. The summed E-state index contributed by atoms with van der Waals surface area (Å²) in [6, 6.07) is 0. The summed E-state index contributed by atoms with van der Waals surface area (Å²) in [4.78, 5) is 21.9. The molecule has 0 aromatic carbocycles. The van der Waals surface area contributed by atoms with Crippen LogP contribution in [-0.2, 0) is 9.59 Å². The van der Waals surface area contributed by atoms with Gasteiger partial charge in [-0.05, 0) is 25.2 Å². The Bertz CT molecular complexity index is 275. The molecule has 0 saturated carbocycles. The third-order valence-corrected chi connectivity index (χ3v) is 2.28. The maximum atomic E-state index is 11.3. The molecule has 0 aromatic heterocycles. The molecule has 0 bridgehead atoms. The molecule has 0 heterocycles. The quantitative estimate of drug-likeness (QED) is 0.431. The number of hydrazine groups is 1. The fourth-order valence-electron chi connectivity index (χ4n) is 1.23. The highest BCUT2D eigenvalue weighted by atomic mass is 16.2. The summed E-state index contributed by atoms with van der Waals surface area (Å²) < 4.78 is 0. The van der Waals surface area contributed by atoms with Gasteiger partial charge in [0.1, 0.15) is 0 Å². The first-order chi connectivity index (χ1) is 8.52. The van der Waals surface area contributed by atoms with Gasteiger partial charge in [0.15, 0.2) is 0 Å². The number of amides is 2. The van der Waals surface area contributed by atoms with Crippen molar-refractivity contribution in [1.82, 2.24) is 16.2 Å². The summed E-state index contributed by atoms with van der Waals surface area (Å²) in [5, 5.41) is 2.72. The van der Waals surface area contributed by atoms with Gasteiger partial charge in [0.2, 0.25) is 11.8 Å². The van der Waals surface area contributed by atoms with Gasteiger partial charge in [-0.15, -0.1) is 0 Å².